The molecule has 5 nitrogen and oxygen atoms in total. The molecule has 3 rings (SSSR count). The second-order valence-corrected chi connectivity index (χ2v) is 4.67. The average Bonchev–Trinajstić information content (AvgIpc) is 2.91. The number of carbonyl (C=O) groups excluding carboxylic acids is 2. The first kappa shape index (κ1) is 12.9. The first-order valence-electron chi connectivity index (χ1n) is 6.42. The lowest BCUT2D eigenvalue weighted by atomic mass is 10.2. The summed E-state index contributed by atoms with van der Waals surface area (Å²) >= 11 is 0. The Hall–Kier alpha value is -3.08. The van der Waals surface area contributed by atoms with Gasteiger partial charge < -0.3 is 16.0 Å². The smallest absolute Gasteiger partial charge is 0.272 e. The van der Waals surface area contributed by atoms with Crippen LogP contribution in [-0.4, -0.2) is 16.8 Å². The van der Waals surface area contributed by atoms with Crippen molar-refractivity contribution in [3.63, 3.8) is 0 Å². The number of aromatic amines is 1. The van der Waals surface area contributed by atoms with E-state index in [2.05, 4.69) is 10.3 Å². The van der Waals surface area contributed by atoms with Gasteiger partial charge in [0.1, 0.15) is 5.69 Å². The van der Waals surface area contributed by atoms with Gasteiger partial charge in [0.2, 0.25) is 5.91 Å². The molecule has 0 bridgehead atoms. The van der Waals surface area contributed by atoms with Gasteiger partial charge in [-0.2, -0.15) is 0 Å². The summed E-state index contributed by atoms with van der Waals surface area (Å²) in [7, 11) is 0. The van der Waals surface area contributed by atoms with E-state index in [-0.39, 0.29) is 5.91 Å². The van der Waals surface area contributed by atoms with Gasteiger partial charge in [0.25, 0.3) is 5.91 Å². The molecule has 0 atom stereocenters. The first-order chi connectivity index (χ1) is 10.1. The fraction of sp³-hybridized carbons (Fsp3) is 0. The standard InChI is InChI=1S/C16H13N3O2/c17-15(20)11-5-3-6-12(8-11)18-16(21)14-9-10-4-1-2-7-13(10)19-14/h1-9,19H,(H2,17,20)(H,18,21). The molecule has 0 aliphatic rings. The molecule has 0 fully saturated rings. The van der Waals surface area contributed by atoms with Crippen LogP contribution in [0.15, 0.2) is 54.6 Å². The third-order valence-corrected chi connectivity index (χ3v) is 3.18. The second-order valence-electron chi connectivity index (χ2n) is 4.67. The molecule has 0 unspecified atom stereocenters. The molecule has 4 N–H and O–H groups in total. The number of benzene rings is 2. The summed E-state index contributed by atoms with van der Waals surface area (Å²) in [6.07, 6.45) is 0. The Labute approximate surface area is 120 Å². The number of hydrogen-bond donors (Lipinski definition) is 3. The Bertz CT molecular complexity index is 803. The third kappa shape index (κ3) is 2.62. The number of rotatable bonds is 3. The minimum absolute atomic E-state index is 0.271. The molecule has 0 saturated heterocycles. The largest absolute Gasteiger partial charge is 0.366 e. The van der Waals surface area contributed by atoms with Crippen molar-refractivity contribution in [2.45, 2.75) is 0 Å². The Morgan fingerprint density at radius 1 is 1.00 bits per heavy atom. The minimum Gasteiger partial charge on any atom is -0.366 e. The van der Waals surface area contributed by atoms with E-state index in [1.54, 1.807) is 30.3 Å². The number of anilines is 1. The fourth-order valence-electron chi connectivity index (χ4n) is 2.14. The predicted octanol–water partition coefficient (Wildman–Crippen LogP) is 2.52. The van der Waals surface area contributed by atoms with E-state index in [1.807, 2.05) is 24.3 Å². The molecule has 2 amide bonds. The van der Waals surface area contributed by atoms with Crippen LogP contribution in [0.2, 0.25) is 0 Å². The lowest BCUT2D eigenvalue weighted by molar-refractivity contribution is 0.0995. The van der Waals surface area contributed by atoms with Crippen LogP contribution in [0.4, 0.5) is 5.69 Å². The summed E-state index contributed by atoms with van der Waals surface area (Å²) in [6.45, 7) is 0. The van der Waals surface area contributed by atoms with E-state index >= 15 is 0 Å². The van der Waals surface area contributed by atoms with Gasteiger partial charge in [-0.05, 0) is 30.3 Å². The SMILES string of the molecule is NC(=O)c1cccc(NC(=O)c2cc3ccccc3[nH]2)c1. The van der Waals surface area contributed by atoms with Crippen LogP contribution in [0.1, 0.15) is 20.8 Å². The minimum atomic E-state index is -0.531. The number of nitrogens with two attached hydrogens (primary N) is 1. The Balaban J connectivity index is 1.85. The van der Waals surface area contributed by atoms with Gasteiger partial charge in [0, 0.05) is 22.2 Å². The number of fused-ring (bicyclic) bond motifs is 1. The molecular weight excluding hydrogens is 266 g/mol. The summed E-state index contributed by atoms with van der Waals surface area (Å²) in [6, 6.07) is 15.9. The molecule has 1 heterocycles. The number of amides is 2. The molecular formula is C16H13N3O2. The van der Waals surface area contributed by atoms with Crippen molar-refractivity contribution < 1.29 is 9.59 Å². The summed E-state index contributed by atoms with van der Waals surface area (Å²) in [5.74, 6) is -0.801. The van der Waals surface area contributed by atoms with Crippen LogP contribution in [-0.2, 0) is 0 Å². The van der Waals surface area contributed by atoms with Gasteiger partial charge in [-0.15, -0.1) is 0 Å². The van der Waals surface area contributed by atoms with Gasteiger partial charge in [-0.25, -0.2) is 0 Å². The van der Waals surface area contributed by atoms with Crippen molar-refractivity contribution in [3.8, 4) is 0 Å². The second kappa shape index (κ2) is 5.13. The number of aromatic nitrogens is 1. The highest BCUT2D eigenvalue weighted by Gasteiger charge is 2.10. The highest BCUT2D eigenvalue weighted by Crippen LogP contribution is 2.16. The molecule has 2 aromatic carbocycles. The van der Waals surface area contributed by atoms with E-state index < -0.39 is 5.91 Å². The van der Waals surface area contributed by atoms with Crippen LogP contribution in [0, 0.1) is 0 Å². The zero-order valence-corrected chi connectivity index (χ0v) is 11.1. The van der Waals surface area contributed by atoms with Crippen molar-refractivity contribution in [3.05, 3.63) is 65.9 Å². The number of nitrogens with one attached hydrogen (secondary N) is 2. The average molecular weight is 279 g/mol. The molecule has 0 aliphatic heterocycles. The van der Waals surface area contributed by atoms with Gasteiger partial charge in [-0.3, -0.25) is 9.59 Å². The lowest BCUT2D eigenvalue weighted by Crippen LogP contribution is -2.14. The number of hydrogen-bond acceptors (Lipinski definition) is 2. The monoisotopic (exact) mass is 279 g/mol. The molecule has 21 heavy (non-hydrogen) atoms. The summed E-state index contributed by atoms with van der Waals surface area (Å²) < 4.78 is 0. The van der Waals surface area contributed by atoms with Crippen LogP contribution in [0.3, 0.4) is 0 Å². The van der Waals surface area contributed by atoms with Crippen LogP contribution >= 0.6 is 0 Å². The number of para-hydroxylation sites is 1. The maximum Gasteiger partial charge on any atom is 0.272 e. The van der Waals surface area contributed by atoms with E-state index in [9.17, 15) is 9.59 Å². The quantitative estimate of drug-likeness (QED) is 0.687. The van der Waals surface area contributed by atoms with Crippen LogP contribution in [0.5, 0.6) is 0 Å². The third-order valence-electron chi connectivity index (χ3n) is 3.18. The molecule has 0 radical (unpaired) electrons. The normalized spacial score (nSPS) is 10.5. The summed E-state index contributed by atoms with van der Waals surface area (Å²) in [5, 5.41) is 3.70. The Kier molecular flexibility index (Phi) is 3.16. The molecule has 0 aliphatic carbocycles. The zero-order valence-electron chi connectivity index (χ0n) is 11.1. The van der Waals surface area contributed by atoms with Crippen molar-refractivity contribution in [2.24, 2.45) is 5.73 Å². The van der Waals surface area contributed by atoms with Gasteiger partial charge in [-0.1, -0.05) is 24.3 Å². The molecule has 1 aromatic heterocycles. The summed E-state index contributed by atoms with van der Waals surface area (Å²) in [5.41, 5.74) is 7.45. The number of primary amides is 1. The number of H-pyrrole nitrogens is 1. The maximum atomic E-state index is 12.2. The van der Waals surface area contributed by atoms with Crippen molar-refractivity contribution in [1.29, 1.82) is 0 Å². The lowest BCUT2D eigenvalue weighted by Gasteiger charge is -2.04. The zero-order chi connectivity index (χ0) is 14.8. The first-order valence-corrected chi connectivity index (χ1v) is 6.42. The van der Waals surface area contributed by atoms with Crippen LogP contribution < -0.4 is 11.1 Å². The summed E-state index contributed by atoms with van der Waals surface area (Å²) in [4.78, 5) is 26.4. The Morgan fingerprint density at radius 2 is 1.81 bits per heavy atom. The predicted molar refractivity (Wildman–Crippen MR) is 81.2 cm³/mol. The van der Waals surface area contributed by atoms with Crippen LogP contribution in [0.25, 0.3) is 10.9 Å². The highest BCUT2D eigenvalue weighted by atomic mass is 16.2. The molecule has 104 valence electrons. The topological polar surface area (TPSA) is 88.0 Å². The molecule has 0 spiro atoms. The van der Waals surface area contributed by atoms with Gasteiger partial charge in [0.15, 0.2) is 0 Å². The maximum absolute atomic E-state index is 12.2. The van der Waals surface area contributed by atoms with E-state index in [0.717, 1.165) is 10.9 Å². The molecule has 3 aromatic rings. The fourth-order valence-corrected chi connectivity index (χ4v) is 2.14. The van der Waals surface area contributed by atoms with E-state index in [1.165, 1.54) is 0 Å². The van der Waals surface area contributed by atoms with E-state index in [4.69, 9.17) is 5.73 Å². The van der Waals surface area contributed by atoms with E-state index in [0.29, 0.717) is 16.9 Å². The van der Waals surface area contributed by atoms with Crippen molar-refractivity contribution >= 4 is 28.4 Å². The van der Waals surface area contributed by atoms with Crippen molar-refractivity contribution in [2.75, 3.05) is 5.32 Å². The number of carbonyl (C=O) groups is 2. The Morgan fingerprint density at radius 3 is 2.57 bits per heavy atom. The highest BCUT2D eigenvalue weighted by molar-refractivity contribution is 6.06. The molecule has 5 heteroatoms. The van der Waals surface area contributed by atoms with Crippen molar-refractivity contribution in [1.82, 2.24) is 4.98 Å². The molecule has 0 saturated carbocycles. The van der Waals surface area contributed by atoms with Gasteiger partial charge >= 0.3 is 0 Å². The van der Waals surface area contributed by atoms with Gasteiger partial charge in [0.05, 0.1) is 0 Å².